The molecule has 2 N–H and O–H groups in total. The Bertz CT molecular complexity index is 1050. The molecule has 0 aliphatic carbocycles. The van der Waals surface area contributed by atoms with Crippen LogP contribution in [0.1, 0.15) is 63.5 Å². The molecule has 0 spiro atoms. The predicted octanol–water partition coefficient (Wildman–Crippen LogP) is 6.79. The van der Waals surface area contributed by atoms with Gasteiger partial charge in [0.05, 0.1) is 6.26 Å². The first kappa shape index (κ1) is 21.4. The third-order valence-corrected chi connectivity index (χ3v) is 6.37. The lowest BCUT2D eigenvalue weighted by Crippen LogP contribution is -2.37. The fourth-order valence-corrected chi connectivity index (χ4v) is 4.44. The number of hydrogen-bond donors (Lipinski definition) is 2. The van der Waals surface area contributed by atoms with E-state index in [9.17, 15) is 4.79 Å². The lowest BCUT2D eigenvalue weighted by atomic mass is 9.88. The zero-order chi connectivity index (χ0) is 22.0. The first-order chi connectivity index (χ1) is 14.9. The molecule has 1 aliphatic heterocycles. The summed E-state index contributed by atoms with van der Waals surface area (Å²) >= 11 is 0. The van der Waals surface area contributed by atoms with Crippen molar-refractivity contribution < 1.29 is 9.21 Å². The Morgan fingerprint density at radius 2 is 1.71 bits per heavy atom. The van der Waals surface area contributed by atoms with Gasteiger partial charge in [0.15, 0.2) is 0 Å². The normalized spacial score (nSPS) is 15.7. The maximum Gasteiger partial charge on any atom is 0.323 e. The van der Waals surface area contributed by atoms with Crippen molar-refractivity contribution in [3.63, 3.8) is 0 Å². The molecule has 1 aliphatic rings. The number of benzene rings is 2. The number of fused-ring (bicyclic) bond motifs is 1. The predicted molar refractivity (Wildman–Crippen MR) is 128 cm³/mol. The standard InChI is InChI=1S/C26H33N3O2/c1-17(2)20-6-5-7-21(14-20)27-26(30)28-22-8-9-25-23(15-22)24(16-31-25)19-10-12-29(13-11-19)18(3)4/h5-9,14-19H,10-13H2,1-4H3,(H2,27,28,30). The van der Waals surface area contributed by atoms with Gasteiger partial charge < -0.3 is 20.0 Å². The summed E-state index contributed by atoms with van der Waals surface area (Å²) in [7, 11) is 0. The van der Waals surface area contributed by atoms with E-state index in [1.807, 2.05) is 42.7 Å². The van der Waals surface area contributed by atoms with Crippen LogP contribution in [0.2, 0.25) is 0 Å². The van der Waals surface area contributed by atoms with Gasteiger partial charge in [0.1, 0.15) is 5.58 Å². The zero-order valence-corrected chi connectivity index (χ0v) is 18.9. The molecule has 1 saturated heterocycles. The van der Waals surface area contributed by atoms with Crippen molar-refractivity contribution in [2.24, 2.45) is 0 Å². The van der Waals surface area contributed by atoms with E-state index in [1.165, 1.54) is 11.1 Å². The molecule has 3 aromatic rings. The third kappa shape index (κ3) is 4.93. The summed E-state index contributed by atoms with van der Waals surface area (Å²) in [6, 6.07) is 14.2. The first-order valence-corrected chi connectivity index (χ1v) is 11.3. The molecule has 164 valence electrons. The van der Waals surface area contributed by atoms with Crippen molar-refractivity contribution in [2.75, 3.05) is 23.7 Å². The summed E-state index contributed by atoms with van der Waals surface area (Å²) in [6.45, 7) is 11.0. The molecule has 2 heterocycles. The van der Waals surface area contributed by atoms with Crippen molar-refractivity contribution in [1.82, 2.24) is 4.90 Å². The summed E-state index contributed by atoms with van der Waals surface area (Å²) in [5.74, 6) is 0.915. The molecule has 0 atom stereocenters. The monoisotopic (exact) mass is 419 g/mol. The number of hydrogen-bond acceptors (Lipinski definition) is 3. The Morgan fingerprint density at radius 3 is 2.39 bits per heavy atom. The summed E-state index contributed by atoms with van der Waals surface area (Å²) < 4.78 is 5.83. The molecule has 5 heteroatoms. The molecule has 0 saturated carbocycles. The molecule has 0 unspecified atom stereocenters. The first-order valence-electron chi connectivity index (χ1n) is 11.3. The Labute approximate surface area is 184 Å². The fourth-order valence-electron chi connectivity index (χ4n) is 4.44. The topological polar surface area (TPSA) is 57.5 Å². The number of furan rings is 1. The molecule has 4 rings (SSSR count). The summed E-state index contributed by atoms with van der Waals surface area (Å²) in [5, 5.41) is 7.01. The van der Waals surface area contributed by atoms with Crippen LogP contribution in [0, 0.1) is 0 Å². The highest BCUT2D eigenvalue weighted by molar-refractivity contribution is 6.01. The second-order valence-electron chi connectivity index (χ2n) is 9.17. The number of nitrogens with zero attached hydrogens (tertiary/aromatic N) is 1. The number of carbonyl (C=O) groups excluding carboxylic acids is 1. The van der Waals surface area contributed by atoms with E-state index in [1.54, 1.807) is 0 Å². The summed E-state index contributed by atoms with van der Waals surface area (Å²) in [4.78, 5) is 15.1. The minimum Gasteiger partial charge on any atom is -0.464 e. The van der Waals surface area contributed by atoms with Gasteiger partial charge in [0.2, 0.25) is 0 Å². The molecular formula is C26H33N3O2. The lowest BCUT2D eigenvalue weighted by molar-refractivity contribution is 0.172. The second-order valence-corrected chi connectivity index (χ2v) is 9.17. The number of likely N-dealkylation sites (tertiary alicyclic amines) is 1. The van der Waals surface area contributed by atoms with Crippen molar-refractivity contribution in [1.29, 1.82) is 0 Å². The van der Waals surface area contributed by atoms with Crippen LogP contribution in [-0.4, -0.2) is 30.1 Å². The number of amides is 2. The van der Waals surface area contributed by atoms with E-state index in [0.29, 0.717) is 17.9 Å². The van der Waals surface area contributed by atoms with E-state index < -0.39 is 0 Å². The van der Waals surface area contributed by atoms with Gasteiger partial charge in [-0.3, -0.25) is 0 Å². The van der Waals surface area contributed by atoms with E-state index in [2.05, 4.69) is 49.3 Å². The molecule has 0 radical (unpaired) electrons. The van der Waals surface area contributed by atoms with E-state index in [-0.39, 0.29) is 6.03 Å². The molecule has 5 nitrogen and oxygen atoms in total. The van der Waals surface area contributed by atoms with Crippen molar-refractivity contribution in [3.8, 4) is 0 Å². The molecule has 31 heavy (non-hydrogen) atoms. The van der Waals surface area contributed by atoms with Gasteiger partial charge in [-0.2, -0.15) is 0 Å². The number of anilines is 2. The Kier molecular flexibility index (Phi) is 6.33. The number of nitrogens with one attached hydrogen (secondary N) is 2. The highest BCUT2D eigenvalue weighted by atomic mass is 16.3. The van der Waals surface area contributed by atoms with Crippen LogP contribution in [-0.2, 0) is 0 Å². The van der Waals surface area contributed by atoms with E-state index in [0.717, 1.165) is 48.3 Å². The van der Waals surface area contributed by atoms with Crippen LogP contribution in [0.3, 0.4) is 0 Å². The quantitative estimate of drug-likeness (QED) is 0.479. The van der Waals surface area contributed by atoms with Crippen LogP contribution in [0.25, 0.3) is 11.0 Å². The average molecular weight is 420 g/mol. The fraction of sp³-hybridized carbons (Fsp3) is 0.423. The van der Waals surface area contributed by atoms with Crippen LogP contribution < -0.4 is 10.6 Å². The Balaban J connectivity index is 1.46. The van der Waals surface area contributed by atoms with Gasteiger partial charge in [-0.1, -0.05) is 26.0 Å². The van der Waals surface area contributed by atoms with E-state index >= 15 is 0 Å². The molecular weight excluding hydrogens is 386 g/mol. The van der Waals surface area contributed by atoms with Gasteiger partial charge in [-0.05, 0) is 87.5 Å². The van der Waals surface area contributed by atoms with Crippen molar-refractivity contribution in [2.45, 2.75) is 58.4 Å². The molecule has 1 aromatic heterocycles. The van der Waals surface area contributed by atoms with Crippen molar-refractivity contribution >= 4 is 28.4 Å². The number of rotatable bonds is 5. The molecule has 1 fully saturated rings. The second kappa shape index (κ2) is 9.15. The SMILES string of the molecule is CC(C)c1cccc(NC(=O)Nc2ccc3occ(C4CCN(C(C)C)CC4)c3c2)c1. The average Bonchev–Trinajstić information content (AvgIpc) is 3.17. The van der Waals surface area contributed by atoms with Gasteiger partial charge in [-0.15, -0.1) is 0 Å². The number of urea groups is 1. The van der Waals surface area contributed by atoms with E-state index in [4.69, 9.17) is 4.42 Å². The van der Waals surface area contributed by atoms with Crippen LogP contribution in [0.15, 0.2) is 53.1 Å². The van der Waals surface area contributed by atoms with Crippen LogP contribution in [0.4, 0.5) is 16.2 Å². The van der Waals surface area contributed by atoms with Crippen molar-refractivity contribution in [3.05, 3.63) is 59.9 Å². The minimum atomic E-state index is -0.240. The third-order valence-electron chi connectivity index (χ3n) is 6.37. The number of piperidine rings is 1. The summed E-state index contributed by atoms with van der Waals surface area (Å²) in [6.07, 6.45) is 4.18. The van der Waals surface area contributed by atoms with Gasteiger partial charge in [0.25, 0.3) is 0 Å². The van der Waals surface area contributed by atoms with Gasteiger partial charge >= 0.3 is 6.03 Å². The maximum absolute atomic E-state index is 12.6. The van der Waals surface area contributed by atoms with Crippen LogP contribution in [0.5, 0.6) is 0 Å². The Hall–Kier alpha value is -2.79. The minimum absolute atomic E-state index is 0.240. The molecule has 0 bridgehead atoms. The maximum atomic E-state index is 12.6. The van der Waals surface area contributed by atoms with Gasteiger partial charge in [0, 0.05) is 28.4 Å². The van der Waals surface area contributed by atoms with Crippen LogP contribution >= 0.6 is 0 Å². The zero-order valence-electron chi connectivity index (χ0n) is 18.9. The molecule has 2 aromatic carbocycles. The molecule has 2 amide bonds. The lowest BCUT2D eigenvalue weighted by Gasteiger charge is -2.34. The summed E-state index contributed by atoms with van der Waals surface area (Å²) in [5.41, 5.74) is 4.90. The smallest absolute Gasteiger partial charge is 0.323 e. The van der Waals surface area contributed by atoms with Gasteiger partial charge in [-0.25, -0.2) is 4.79 Å². The largest absolute Gasteiger partial charge is 0.464 e. The number of carbonyl (C=O) groups is 1. The highest BCUT2D eigenvalue weighted by Crippen LogP contribution is 2.36. The highest BCUT2D eigenvalue weighted by Gasteiger charge is 2.24. The Morgan fingerprint density at radius 1 is 1.00 bits per heavy atom.